The van der Waals surface area contributed by atoms with E-state index in [1.54, 1.807) is 0 Å². The number of rotatable bonds is 5. The highest BCUT2D eigenvalue weighted by Gasteiger charge is 2.50. The molecule has 1 saturated carbocycles. The lowest BCUT2D eigenvalue weighted by molar-refractivity contribution is -0.166. The summed E-state index contributed by atoms with van der Waals surface area (Å²) in [5, 5.41) is 3.52. The largest absolute Gasteiger partial charge is 0.466 e. The van der Waals surface area contributed by atoms with E-state index in [2.05, 4.69) is 17.4 Å². The zero-order valence-electron chi connectivity index (χ0n) is 18.3. The van der Waals surface area contributed by atoms with Crippen molar-refractivity contribution in [2.45, 2.75) is 64.3 Å². The number of ether oxygens (including phenoxy) is 1. The first-order chi connectivity index (χ1) is 14.7. The zero-order valence-corrected chi connectivity index (χ0v) is 18.3. The maximum atomic E-state index is 13.4. The standard InChI is InChI=1S/C25H36N2O3/c1-2-30-24(29)25(20-11-7-4-8-12-20)14-17-27(18-15-25)23(28)21-13-16-26-22(21)19-9-5-3-6-10-19/h3,5-6,9-10,20-22,26H,2,4,7-8,11-18H2,1H3. The SMILES string of the molecule is CCOC(=O)C1(C2CCCCC2)CCN(C(=O)C2CCNC2c2ccccc2)CC1. The molecule has 164 valence electrons. The average Bonchev–Trinajstić information content (AvgIpc) is 3.30. The van der Waals surface area contributed by atoms with E-state index in [0.717, 1.165) is 38.6 Å². The summed E-state index contributed by atoms with van der Waals surface area (Å²) < 4.78 is 5.56. The van der Waals surface area contributed by atoms with Crippen LogP contribution in [0, 0.1) is 17.3 Å². The second kappa shape index (κ2) is 9.51. The number of esters is 1. The third-order valence-electron chi connectivity index (χ3n) is 7.73. The Morgan fingerprint density at radius 3 is 2.43 bits per heavy atom. The van der Waals surface area contributed by atoms with Crippen LogP contribution in [0.4, 0.5) is 0 Å². The van der Waals surface area contributed by atoms with Gasteiger partial charge in [0, 0.05) is 19.1 Å². The lowest BCUT2D eigenvalue weighted by atomic mass is 9.63. The van der Waals surface area contributed by atoms with Gasteiger partial charge in [-0.1, -0.05) is 49.6 Å². The summed E-state index contributed by atoms with van der Waals surface area (Å²) >= 11 is 0. The Hall–Kier alpha value is -1.88. The number of piperidine rings is 1. The molecule has 0 radical (unpaired) electrons. The van der Waals surface area contributed by atoms with Crippen molar-refractivity contribution < 1.29 is 14.3 Å². The number of likely N-dealkylation sites (tertiary alicyclic amines) is 1. The molecule has 2 aliphatic heterocycles. The number of carbonyl (C=O) groups excluding carboxylic acids is 2. The van der Waals surface area contributed by atoms with Crippen LogP contribution in [0.15, 0.2) is 30.3 Å². The van der Waals surface area contributed by atoms with Crippen molar-refractivity contribution in [2.24, 2.45) is 17.3 Å². The first-order valence-electron chi connectivity index (χ1n) is 11.9. The number of carbonyl (C=O) groups is 2. The van der Waals surface area contributed by atoms with Gasteiger partial charge in [-0.2, -0.15) is 0 Å². The fourth-order valence-electron chi connectivity index (χ4n) is 6.05. The normalized spacial score (nSPS) is 27.0. The van der Waals surface area contributed by atoms with E-state index in [-0.39, 0.29) is 29.3 Å². The molecule has 5 heteroatoms. The van der Waals surface area contributed by atoms with Crippen molar-refractivity contribution in [2.75, 3.05) is 26.2 Å². The van der Waals surface area contributed by atoms with Gasteiger partial charge in [0.1, 0.15) is 0 Å². The van der Waals surface area contributed by atoms with E-state index >= 15 is 0 Å². The number of benzene rings is 1. The number of hydrogen-bond donors (Lipinski definition) is 1. The van der Waals surface area contributed by atoms with Gasteiger partial charge in [0.15, 0.2) is 0 Å². The molecule has 2 atom stereocenters. The van der Waals surface area contributed by atoms with Crippen molar-refractivity contribution in [3.63, 3.8) is 0 Å². The van der Waals surface area contributed by atoms with Crippen LogP contribution in [-0.2, 0) is 14.3 Å². The molecule has 0 aromatic heterocycles. The van der Waals surface area contributed by atoms with Crippen LogP contribution < -0.4 is 5.32 Å². The van der Waals surface area contributed by atoms with E-state index in [4.69, 9.17) is 4.74 Å². The molecular weight excluding hydrogens is 376 g/mol. The van der Waals surface area contributed by atoms with Gasteiger partial charge in [0.2, 0.25) is 5.91 Å². The van der Waals surface area contributed by atoms with Crippen molar-refractivity contribution in [3.05, 3.63) is 35.9 Å². The van der Waals surface area contributed by atoms with Gasteiger partial charge in [-0.3, -0.25) is 9.59 Å². The molecule has 1 aliphatic carbocycles. The predicted octanol–water partition coefficient (Wildman–Crippen LogP) is 4.09. The molecule has 5 nitrogen and oxygen atoms in total. The summed E-state index contributed by atoms with van der Waals surface area (Å²) in [5.41, 5.74) is 0.799. The van der Waals surface area contributed by atoms with E-state index in [0.29, 0.717) is 25.6 Å². The van der Waals surface area contributed by atoms with E-state index in [9.17, 15) is 9.59 Å². The predicted molar refractivity (Wildman–Crippen MR) is 117 cm³/mol. The third-order valence-corrected chi connectivity index (χ3v) is 7.73. The molecular formula is C25H36N2O3. The minimum absolute atomic E-state index is 0.0165. The minimum atomic E-state index is -0.389. The molecule has 30 heavy (non-hydrogen) atoms. The van der Waals surface area contributed by atoms with Crippen LogP contribution in [-0.4, -0.2) is 43.0 Å². The highest BCUT2D eigenvalue weighted by molar-refractivity contribution is 5.82. The van der Waals surface area contributed by atoms with Crippen molar-refractivity contribution >= 4 is 11.9 Å². The highest BCUT2D eigenvalue weighted by Crippen LogP contribution is 2.47. The first kappa shape index (κ1) is 21.4. The number of amides is 1. The van der Waals surface area contributed by atoms with Crippen LogP contribution in [0.25, 0.3) is 0 Å². The molecule has 2 heterocycles. The summed E-state index contributed by atoms with van der Waals surface area (Å²) in [6.45, 7) is 4.54. The molecule has 0 bridgehead atoms. The van der Waals surface area contributed by atoms with Crippen LogP contribution in [0.1, 0.15) is 69.9 Å². The fourth-order valence-corrected chi connectivity index (χ4v) is 6.05. The van der Waals surface area contributed by atoms with E-state index in [1.807, 2.05) is 30.0 Å². The van der Waals surface area contributed by atoms with Crippen LogP contribution >= 0.6 is 0 Å². The minimum Gasteiger partial charge on any atom is -0.466 e. The summed E-state index contributed by atoms with van der Waals surface area (Å²) in [6.07, 6.45) is 8.31. The molecule has 2 saturated heterocycles. The second-order valence-electron chi connectivity index (χ2n) is 9.27. The summed E-state index contributed by atoms with van der Waals surface area (Å²) in [7, 11) is 0. The fraction of sp³-hybridized carbons (Fsp3) is 0.680. The van der Waals surface area contributed by atoms with Crippen molar-refractivity contribution in [3.8, 4) is 0 Å². The molecule has 0 spiro atoms. The highest BCUT2D eigenvalue weighted by atomic mass is 16.5. The molecule has 3 aliphatic rings. The van der Waals surface area contributed by atoms with Gasteiger partial charge in [-0.05, 0) is 57.1 Å². The van der Waals surface area contributed by atoms with Crippen LogP contribution in [0.3, 0.4) is 0 Å². The summed E-state index contributed by atoms with van der Waals surface area (Å²) in [4.78, 5) is 28.5. The molecule has 1 N–H and O–H groups in total. The van der Waals surface area contributed by atoms with Crippen molar-refractivity contribution in [1.29, 1.82) is 0 Å². The maximum absolute atomic E-state index is 13.4. The molecule has 1 amide bonds. The third kappa shape index (κ3) is 4.14. The average molecular weight is 413 g/mol. The Balaban J connectivity index is 1.45. The molecule has 1 aromatic rings. The Morgan fingerprint density at radius 2 is 1.77 bits per heavy atom. The van der Waals surface area contributed by atoms with Gasteiger partial charge in [0.05, 0.1) is 17.9 Å². The number of nitrogens with one attached hydrogen (secondary N) is 1. The van der Waals surface area contributed by atoms with Gasteiger partial charge >= 0.3 is 5.97 Å². The van der Waals surface area contributed by atoms with E-state index < -0.39 is 0 Å². The van der Waals surface area contributed by atoms with Crippen LogP contribution in [0.2, 0.25) is 0 Å². The van der Waals surface area contributed by atoms with Gasteiger partial charge in [-0.25, -0.2) is 0 Å². The molecule has 3 fully saturated rings. The van der Waals surface area contributed by atoms with Gasteiger partial charge in [-0.15, -0.1) is 0 Å². The zero-order chi connectivity index (χ0) is 21.0. The van der Waals surface area contributed by atoms with E-state index in [1.165, 1.54) is 24.8 Å². The van der Waals surface area contributed by atoms with Gasteiger partial charge in [0.25, 0.3) is 0 Å². The van der Waals surface area contributed by atoms with Crippen molar-refractivity contribution in [1.82, 2.24) is 10.2 Å². The smallest absolute Gasteiger partial charge is 0.312 e. The van der Waals surface area contributed by atoms with Gasteiger partial charge < -0.3 is 15.0 Å². The first-order valence-corrected chi connectivity index (χ1v) is 11.9. The Kier molecular flexibility index (Phi) is 6.77. The topological polar surface area (TPSA) is 58.6 Å². The molecule has 4 rings (SSSR count). The maximum Gasteiger partial charge on any atom is 0.312 e. The molecule has 2 unspecified atom stereocenters. The number of hydrogen-bond acceptors (Lipinski definition) is 4. The lowest BCUT2D eigenvalue weighted by Crippen LogP contribution is -2.52. The molecule has 1 aromatic carbocycles. The Bertz CT molecular complexity index is 721. The monoisotopic (exact) mass is 412 g/mol. The second-order valence-corrected chi connectivity index (χ2v) is 9.27. The summed E-state index contributed by atoms with van der Waals surface area (Å²) in [5.74, 6) is 0.619. The summed E-state index contributed by atoms with van der Waals surface area (Å²) in [6, 6.07) is 10.4. The Morgan fingerprint density at radius 1 is 1.07 bits per heavy atom. The quantitative estimate of drug-likeness (QED) is 0.740. The lowest BCUT2D eigenvalue weighted by Gasteiger charge is -2.46. The Labute approximate surface area is 180 Å². The van der Waals surface area contributed by atoms with Crippen LogP contribution in [0.5, 0.6) is 0 Å². The number of nitrogens with zero attached hydrogens (tertiary/aromatic N) is 1.